The van der Waals surface area contributed by atoms with Gasteiger partial charge in [0.15, 0.2) is 0 Å². The number of hydrogen-bond donors (Lipinski definition) is 2. The molecular formula is C11H16BrN3O3S. The van der Waals surface area contributed by atoms with E-state index in [-0.39, 0.29) is 23.2 Å². The number of rotatable bonds is 3. The van der Waals surface area contributed by atoms with Crippen molar-refractivity contribution in [3.63, 3.8) is 0 Å². The van der Waals surface area contributed by atoms with Crippen molar-refractivity contribution in [1.82, 2.24) is 9.29 Å². The molecule has 1 aliphatic heterocycles. The molecule has 0 aromatic carbocycles. The fraction of sp³-hybridized carbons (Fsp3) is 0.545. The zero-order valence-corrected chi connectivity index (χ0v) is 12.9. The van der Waals surface area contributed by atoms with Gasteiger partial charge in [-0.2, -0.15) is 4.31 Å². The summed E-state index contributed by atoms with van der Waals surface area (Å²) in [5, 5.41) is 9.38. The first-order valence-electron chi connectivity index (χ1n) is 5.91. The van der Waals surface area contributed by atoms with Crippen LogP contribution in [-0.2, 0) is 10.0 Å². The van der Waals surface area contributed by atoms with E-state index in [1.807, 2.05) is 6.92 Å². The van der Waals surface area contributed by atoms with Gasteiger partial charge in [-0.1, -0.05) is 6.92 Å². The average molecular weight is 350 g/mol. The monoisotopic (exact) mass is 349 g/mol. The van der Waals surface area contributed by atoms with Crippen LogP contribution in [0.4, 0.5) is 5.82 Å². The molecular weight excluding hydrogens is 334 g/mol. The number of nitrogen functional groups attached to an aromatic ring is 1. The van der Waals surface area contributed by atoms with Gasteiger partial charge in [0.2, 0.25) is 10.0 Å². The van der Waals surface area contributed by atoms with E-state index in [0.717, 1.165) is 6.42 Å². The number of hydrogen-bond acceptors (Lipinski definition) is 5. The van der Waals surface area contributed by atoms with E-state index in [0.29, 0.717) is 11.0 Å². The molecule has 1 fully saturated rings. The number of pyridine rings is 1. The van der Waals surface area contributed by atoms with E-state index in [2.05, 4.69) is 20.9 Å². The van der Waals surface area contributed by atoms with Crippen LogP contribution in [-0.4, -0.2) is 42.0 Å². The summed E-state index contributed by atoms with van der Waals surface area (Å²) >= 11 is 3.19. The number of nitrogens with zero attached hydrogens (tertiary/aromatic N) is 2. The first-order chi connectivity index (χ1) is 8.87. The van der Waals surface area contributed by atoms with Gasteiger partial charge < -0.3 is 10.8 Å². The molecule has 19 heavy (non-hydrogen) atoms. The van der Waals surface area contributed by atoms with E-state index in [9.17, 15) is 13.5 Å². The second-order valence-corrected chi connectivity index (χ2v) is 7.44. The summed E-state index contributed by atoms with van der Waals surface area (Å²) in [6.45, 7) is 2.13. The van der Waals surface area contributed by atoms with Crippen molar-refractivity contribution < 1.29 is 13.5 Å². The van der Waals surface area contributed by atoms with Crippen LogP contribution in [0, 0.1) is 5.92 Å². The van der Waals surface area contributed by atoms with E-state index in [1.165, 1.54) is 16.6 Å². The molecule has 0 aliphatic carbocycles. The van der Waals surface area contributed by atoms with Crippen LogP contribution in [0.15, 0.2) is 21.6 Å². The number of nitrogens with two attached hydrogens (primary N) is 1. The van der Waals surface area contributed by atoms with Crippen molar-refractivity contribution in [3.05, 3.63) is 16.7 Å². The van der Waals surface area contributed by atoms with Crippen molar-refractivity contribution in [2.75, 3.05) is 18.9 Å². The highest BCUT2D eigenvalue weighted by Crippen LogP contribution is 2.32. The molecule has 1 aromatic rings. The Labute approximate surface area is 120 Å². The second kappa shape index (κ2) is 5.35. The molecule has 0 saturated carbocycles. The average Bonchev–Trinajstić information content (AvgIpc) is 2.74. The minimum absolute atomic E-state index is 0.0191. The molecule has 3 N–H and O–H groups in total. The fourth-order valence-corrected chi connectivity index (χ4v) is 4.61. The summed E-state index contributed by atoms with van der Waals surface area (Å²) in [4.78, 5) is 3.83. The zero-order valence-electron chi connectivity index (χ0n) is 10.5. The molecule has 1 saturated heterocycles. The van der Waals surface area contributed by atoms with Gasteiger partial charge in [-0.15, -0.1) is 0 Å². The van der Waals surface area contributed by atoms with Crippen LogP contribution in [0.1, 0.15) is 13.3 Å². The van der Waals surface area contributed by atoms with Crippen LogP contribution in [0.2, 0.25) is 0 Å². The lowest BCUT2D eigenvalue weighted by molar-refractivity contribution is 0.191. The molecule has 0 radical (unpaired) electrons. The fourth-order valence-electron chi connectivity index (χ4n) is 2.31. The highest BCUT2D eigenvalue weighted by atomic mass is 79.9. The van der Waals surface area contributed by atoms with E-state index >= 15 is 0 Å². The van der Waals surface area contributed by atoms with E-state index in [1.54, 1.807) is 0 Å². The molecule has 1 aliphatic rings. The predicted molar refractivity (Wildman–Crippen MR) is 74.9 cm³/mol. The molecule has 0 spiro atoms. The lowest BCUT2D eigenvalue weighted by Gasteiger charge is -2.24. The summed E-state index contributed by atoms with van der Waals surface area (Å²) < 4.78 is 27.1. The largest absolute Gasteiger partial charge is 0.395 e. The van der Waals surface area contributed by atoms with E-state index < -0.39 is 16.1 Å². The molecule has 2 atom stereocenters. The minimum Gasteiger partial charge on any atom is -0.395 e. The van der Waals surface area contributed by atoms with Gasteiger partial charge in [0.05, 0.1) is 12.6 Å². The summed E-state index contributed by atoms with van der Waals surface area (Å²) in [5.41, 5.74) is 5.66. The van der Waals surface area contributed by atoms with Gasteiger partial charge in [0.25, 0.3) is 0 Å². The smallest absolute Gasteiger partial charge is 0.247 e. The number of sulfonamides is 1. The van der Waals surface area contributed by atoms with Crippen LogP contribution in [0.5, 0.6) is 0 Å². The van der Waals surface area contributed by atoms with Gasteiger partial charge in [0.1, 0.15) is 10.7 Å². The van der Waals surface area contributed by atoms with Crippen molar-refractivity contribution in [3.8, 4) is 0 Å². The molecule has 0 bridgehead atoms. The Morgan fingerprint density at radius 2 is 2.32 bits per heavy atom. The van der Waals surface area contributed by atoms with Crippen molar-refractivity contribution in [1.29, 1.82) is 0 Å². The molecule has 0 amide bonds. The molecule has 2 rings (SSSR count). The topological polar surface area (TPSA) is 96.5 Å². The quantitative estimate of drug-likeness (QED) is 0.841. The molecule has 2 unspecified atom stereocenters. The number of anilines is 1. The van der Waals surface area contributed by atoms with Crippen molar-refractivity contribution in [2.45, 2.75) is 24.3 Å². The third-order valence-corrected chi connectivity index (χ3v) is 5.84. The maximum Gasteiger partial charge on any atom is 0.247 e. The minimum atomic E-state index is -3.73. The second-order valence-electron chi connectivity index (χ2n) is 4.67. The number of aromatic nitrogens is 1. The lowest BCUT2D eigenvalue weighted by Crippen LogP contribution is -2.40. The summed E-state index contributed by atoms with van der Waals surface area (Å²) in [5.74, 6) is 0.0977. The van der Waals surface area contributed by atoms with Crippen molar-refractivity contribution >= 4 is 31.8 Å². The Kier molecular flexibility index (Phi) is 4.14. The van der Waals surface area contributed by atoms with Crippen LogP contribution in [0.25, 0.3) is 0 Å². The Bertz CT molecular complexity index is 579. The molecule has 6 nitrogen and oxygen atoms in total. The predicted octanol–water partition coefficient (Wildman–Crippen LogP) is 0.818. The van der Waals surface area contributed by atoms with Gasteiger partial charge in [-0.25, -0.2) is 13.4 Å². The molecule has 8 heteroatoms. The third-order valence-electron chi connectivity index (χ3n) is 3.45. The zero-order chi connectivity index (χ0) is 14.2. The lowest BCUT2D eigenvalue weighted by atomic mass is 10.0. The SMILES string of the molecule is CC1CCN(S(=O)(=O)c2cc(Br)cnc2N)C1CO. The number of halogens is 1. The number of aliphatic hydroxyl groups is 1. The molecule has 106 valence electrons. The van der Waals surface area contributed by atoms with Gasteiger partial charge in [-0.05, 0) is 34.3 Å². The summed E-state index contributed by atoms with van der Waals surface area (Å²) in [6.07, 6.45) is 2.18. The normalized spacial score (nSPS) is 24.8. The maximum atomic E-state index is 12.6. The summed E-state index contributed by atoms with van der Waals surface area (Å²) in [6, 6.07) is 1.04. The van der Waals surface area contributed by atoms with Gasteiger partial charge in [-0.3, -0.25) is 0 Å². The Balaban J connectivity index is 2.45. The first kappa shape index (κ1) is 14.7. The Hall–Kier alpha value is -0.700. The van der Waals surface area contributed by atoms with Gasteiger partial charge >= 0.3 is 0 Å². The Morgan fingerprint density at radius 3 is 2.95 bits per heavy atom. The maximum absolute atomic E-state index is 12.6. The molecule has 2 heterocycles. The van der Waals surface area contributed by atoms with Crippen LogP contribution >= 0.6 is 15.9 Å². The highest BCUT2D eigenvalue weighted by Gasteiger charge is 2.40. The first-order valence-corrected chi connectivity index (χ1v) is 8.15. The summed E-state index contributed by atoms with van der Waals surface area (Å²) in [7, 11) is -3.73. The number of aliphatic hydroxyl groups excluding tert-OH is 1. The van der Waals surface area contributed by atoms with Crippen molar-refractivity contribution in [2.24, 2.45) is 5.92 Å². The highest BCUT2D eigenvalue weighted by molar-refractivity contribution is 9.10. The van der Waals surface area contributed by atoms with Gasteiger partial charge in [0, 0.05) is 17.2 Å². The standard InChI is InChI=1S/C11H16BrN3O3S/c1-7-2-3-15(9(7)6-16)19(17,18)10-4-8(12)5-14-11(10)13/h4-5,7,9,16H,2-3,6H2,1H3,(H2,13,14). The third kappa shape index (κ3) is 2.62. The van der Waals surface area contributed by atoms with Crippen LogP contribution in [0.3, 0.4) is 0 Å². The van der Waals surface area contributed by atoms with E-state index in [4.69, 9.17) is 5.73 Å². The van der Waals surface area contributed by atoms with Crippen LogP contribution < -0.4 is 5.73 Å². The molecule has 1 aromatic heterocycles. The Morgan fingerprint density at radius 1 is 1.63 bits per heavy atom.